The van der Waals surface area contributed by atoms with Crippen LogP contribution >= 0.6 is 22.9 Å². The summed E-state index contributed by atoms with van der Waals surface area (Å²) in [5.41, 5.74) is 1.77. The number of esters is 1. The minimum absolute atomic E-state index is 0.0506. The molecule has 224 valence electrons. The maximum absolute atomic E-state index is 14.1. The number of halogens is 1. The number of rotatable bonds is 11. The highest BCUT2D eigenvalue weighted by Gasteiger charge is 2.36. The molecule has 1 aliphatic rings. The van der Waals surface area contributed by atoms with Gasteiger partial charge in [0.15, 0.2) is 16.3 Å². The first-order valence-electron chi connectivity index (χ1n) is 13.7. The number of hydrogen-bond donors (Lipinski definition) is 0. The predicted molar refractivity (Wildman–Crippen MR) is 165 cm³/mol. The Balaban J connectivity index is 1.66. The number of fused-ring (bicyclic) bond motifs is 1. The second-order valence-corrected chi connectivity index (χ2v) is 11.1. The minimum atomic E-state index is -0.878. The highest BCUT2D eigenvalue weighted by molar-refractivity contribution is 7.07. The van der Waals surface area contributed by atoms with Gasteiger partial charge in [-0.25, -0.2) is 9.79 Å². The number of nitrogens with zero attached hydrogens (tertiary/aromatic N) is 2. The Bertz CT molecular complexity index is 1840. The number of methoxy groups -OCH3 is 2. The van der Waals surface area contributed by atoms with Crippen molar-refractivity contribution in [3.05, 3.63) is 102 Å². The molecule has 4 aromatic rings. The van der Waals surface area contributed by atoms with Crippen molar-refractivity contribution in [3.63, 3.8) is 0 Å². The summed E-state index contributed by atoms with van der Waals surface area (Å²) in [5.74, 6) is 1.47. The van der Waals surface area contributed by atoms with Gasteiger partial charge >= 0.3 is 5.97 Å². The summed E-state index contributed by atoms with van der Waals surface area (Å²) in [6.07, 6.45) is 2.43. The first-order chi connectivity index (χ1) is 20.9. The molecule has 1 atom stereocenters. The number of thiazole rings is 1. The predicted octanol–water partition coefficient (Wildman–Crippen LogP) is 5.14. The van der Waals surface area contributed by atoms with Gasteiger partial charge in [-0.1, -0.05) is 42.0 Å². The van der Waals surface area contributed by atoms with Crippen LogP contribution < -0.4 is 24.4 Å². The maximum Gasteiger partial charge on any atom is 0.338 e. The molecule has 0 saturated heterocycles. The average molecular weight is 623 g/mol. The van der Waals surface area contributed by atoms with Crippen molar-refractivity contribution in [1.29, 1.82) is 0 Å². The Hall–Kier alpha value is -4.12. The molecule has 0 aliphatic carbocycles. The lowest BCUT2D eigenvalue weighted by Gasteiger charge is -2.27. The van der Waals surface area contributed by atoms with Gasteiger partial charge in [-0.15, -0.1) is 0 Å². The van der Waals surface area contributed by atoms with Crippen molar-refractivity contribution in [3.8, 4) is 22.8 Å². The average Bonchev–Trinajstić information content (AvgIpc) is 3.59. The lowest BCUT2D eigenvalue weighted by molar-refractivity contribution is -0.140. The molecular formula is C32H31ClN2O7S. The number of carbonyl (C=O) groups is 1. The van der Waals surface area contributed by atoms with Gasteiger partial charge in [-0.05, 0) is 55.8 Å². The van der Waals surface area contributed by atoms with Crippen LogP contribution in [-0.2, 0) is 14.3 Å². The molecular weight excluding hydrogens is 592 g/mol. The van der Waals surface area contributed by atoms with E-state index in [9.17, 15) is 9.59 Å². The van der Waals surface area contributed by atoms with Crippen molar-refractivity contribution in [2.45, 2.75) is 26.3 Å². The Morgan fingerprint density at radius 2 is 1.88 bits per heavy atom. The molecule has 0 radical (unpaired) electrons. The number of furan rings is 1. The number of ether oxygens (including phenoxy) is 4. The third-order valence-corrected chi connectivity index (χ3v) is 8.00. The Morgan fingerprint density at radius 3 is 2.60 bits per heavy atom. The van der Waals surface area contributed by atoms with E-state index in [-0.39, 0.29) is 24.3 Å². The lowest BCUT2D eigenvalue weighted by atomic mass is 9.94. The molecule has 0 amide bonds. The molecule has 0 unspecified atom stereocenters. The SMILES string of the molecule is CCCOc1c(OC)cccc1[C@@H]1C(C(=O)OCCOC)=C(C)N=c2s/c(=C/c3ccc(-c4ccc(Cl)cc4)o3)c(=O)n21. The van der Waals surface area contributed by atoms with Crippen LogP contribution in [0.4, 0.5) is 0 Å². The number of aromatic nitrogens is 1. The summed E-state index contributed by atoms with van der Waals surface area (Å²) in [7, 11) is 3.07. The maximum atomic E-state index is 14.1. The molecule has 1 aliphatic heterocycles. The molecule has 3 heterocycles. The topological polar surface area (TPSA) is 101 Å². The fraction of sp³-hybridized carbons (Fsp3) is 0.281. The van der Waals surface area contributed by atoms with Crippen molar-refractivity contribution >= 4 is 35.0 Å². The van der Waals surface area contributed by atoms with Crippen LogP contribution in [0.2, 0.25) is 5.02 Å². The van der Waals surface area contributed by atoms with Gasteiger partial charge in [0.1, 0.15) is 24.2 Å². The van der Waals surface area contributed by atoms with Crippen LogP contribution in [-0.4, -0.2) is 44.6 Å². The lowest BCUT2D eigenvalue weighted by Crippen LogP contribution is -2.40. The molecule has 0 saturated carbocycles. The van der Waals surface area contributed by atoms with E-state index >= 15 is 0 Å². The van der Waals surface area contributed by atoms with Gasteiger partial charge in [0, 0.05) is 29.3 Å². The second-order valence-electron chi connectivity index (χ2n) is 9.65. The summed E-state index contributed by atoms with van der Waals surface area (Å²) >= 11 is 7.23. The molecule has 0 fully saturated rings. The van der Waals surface area contributed by atoms with Crippen LogP contribution in [0.5, 0.6) is 11.5 Å². The summed E-state index contributed by atoms with van der Waals surface area (Å²) in [5, 5.41) is 0.628. The van der Waals surface area contributed by atoms with E-state index in [1.165, 1.54) is 23.0 Å². The highest BCUT2D eigenvalue weighted by atomic mass is 35.5. The number of allylic oxidation sites excluding steroid dienone is 1. The van der Waals surface area contributed by atoms with Gasteiger partial charge in [-0.2, -0.15) is 0 Å². The van der Waals surface area contributed by atoms with Gasteiger partial charge in [0.2, 0.25) is 0 Å². The van der Waals surface area contributed by atoms with E-state index in [1.54, 1.807) is 50.4 Å². The highest BCUT2D eigenvalue weighted by Crippen LogP contribution is 2.41. The van der Waals surface area contributed by atoms with E-state index in [1.807, 2.05) is 31.2 Å². The molecule has 9 nitrogen and oxygen atoms in total. The normalized spacial score (nSPS) is 14.8. The third kappa shape index (κ3) is 6.31. The molecule has 0 spiro atoms. The van der Waals surface area contributed by atoms with E-state index in [2.05, 4.69) is 4.99 Å². The van der Waals surface area contributed by atoms with Crippen molar-refractivity contribution in [1.82, 2.24) is 4.57 Å². The minimum Gasteiger partial charge on any atom is -0.493 e. The number of para-hydroxylation sites is 1. The Kier molecular flexibility index (Phi) is 9.49. The zero-order chi connectivity index (χ0) is 30.5. The molecule has 0 bridgehead atoms. The van der Waals surface area contributed by atoms with Crippen molar-refractivity contribution < 1.29 is 28.2 Å². The summed E-state index contributed by atoms with van der Waals surface area (Å²) in [4.78, 5) is 32.7. The first-order valence-corrected chi connectivity index (χ1v) is 14.9. The quantitative estimate of drug-likeness (QED) is 0.169. The number of hydrogen-bond acceptors (Lipinski definition) is 9. The summed E-state index contributed by atoms with van der Waals surface area (Å²) in [6.45, 7) is 4.42. The molecule has 5 rings (SSSR count). The number of carbonyl (C=O) groups excluding carboxylic acids is 1. The zero-order valence-electron chi connectivity index (χ0n) is 24.2. The van der Waals surface area contributed by atoms with Crippen LogP contribution in [0.3, 0.4) is 0 Å². The van der Waals surface area contributed by atoms with Crippen molar-refractivity contribution in [2.75, 3.05) is 34.0 Å². The monoisotopic (exact) mass is 622 g/mol. The van der Waals surface area contributed by atoms with E-state index in [0.717, 1.165) is 12.0 Å². The Labute approximate surface area is 257 Å². The van der Waals surface area contributed by atoms with Crippen LogP contribution in [0.1, 0.15) is 37.6 Å². The van der Waals surface area contributed by atoms with Gasteiger partial charge in [0.05, 0.1) is 36.1 Å². The largest absolute Gasteiger partial charge is 0.493 e. The molecule has 11 heteroatoms. The first kappa shape index (κ1) is 30.3. The Morgan fingerprint density at radius 1 is 1.09 bits per heavy atom. The smallest absolute Gasteiger partial charge is 0.338 e. The fourth-order valence-electron chi connectivity index (χ4n) is 4.77. The molecule has 0 N–H and O–H groups in total. The molecule has 2 aromatic carbocycles. The van der Waals surface area contributed by atoms with E-state index in [4.69, 9.17) is 35.0 Å². The third-order valence-electron chi connectivity index (χ3n) is 6.77. The van der Waals surface area contributed by atoms with Gasteiger partial charge in [-0.3, -0.25) is 9.36 Å². The summed E-state index contributed by atoms with van der Waals surface area (Å²) in [6, 6.07) is 15.4. The molecule has 43 heavy (non-hydrogen) atoms. The fourth-order valence-corrected chi connectivity index (χ4v) is 5.92. The van der Waals surface area contributed by atoms with Crippen LogP contribution in [0.15, 0.2) is 80.1 Å². The number of benzene rings is 2. The van der Waals surface area contributed by atoms with Crippen LogP contribution in [0, 0.1) is 0 Å². The van der Waals surface area contributed by atoms with E-state index in [0.29, 0.717) is 55.2 Å². The van der Waals surface area contributed by atoms with Gasteiger partial charge < -0.3 is 23.4 Å². The van der Waals surface area contributed by atoms with Gasteiger partial charge in [0.25, 0.3) is 5.56 Å². The summed E-state index contributed by atoms with van der Waals surface area (Å²) < 4.78 is 30.3. The standard InChI is InChI=1S/C32H31ClN2O7S/c1-5-15-40-29-23(7-6-8-25(29)39-4)28-27(31(37)41-17-16-38-3)19(2)34-32-35(28)30(36)26(43-32)18-22-13-14-24(42-22)20-9-11-21(33)12-10-20/h6-14,18,28H,5,15-17H2,1-4H3/b26-18+/t28-/m1/s1. The van der Waals surface area contributed by atoms with E-state index < -0.39 is 12.0 Å². The second kappa shape index (κ2) is 13.5. The van der Waals surface area contributed by atoms with Crippen molar-refractivity contribution in [2.24, 2.45) is 4.99 Å². The van der Waals surface area contributed by atoms with Crippen LogP contribution in [0.25, 0.3) is 17.4 Å². The molecule has 2 aromatic heterocycles. The zero-order valence-corrected chi connectivity index (χ0v) is 25.8.